The van der Waals surface area contributed by atoms with Crippen LogP contribution in [0.1, 0.15) is 30.1 Å². The summed E-state index contributed by atoms with van der Waals surface area (Å²) < 4.78 is 5.10. The minimum Gasteiger partial charge on any atom is -0.466 e. The van der Waals surface area contributed by atoms with Gasteiger partial charge in [-0.2, -0.15) is 5.10 Å². The zero-order valence-corrected chi connectivity index (χ0v) is 13.7. The third-order valence-corrected chi connectivity index (χ3v) is 4.26. The van der Waals surface area contributed by atoms with E-state index in [4.69, 9.17) is 4.74 Å². The van der Waals surface area contributed by atoms with Crippen molar-refractivity contribution in [3.63, 3.8) is 0 Å². The number of benzene rings is 1. The highest BCUT2D eigenvalue weighted by Gasteiger charge is 2.31. The molecule has 1 N–H and O–H groups in total. The molecule has 3 rings (SSSR count). The van der Waals surface area contributed by atoms with E-state index >= 15 is 0 Å². The molecule has 24 heavy (non-hydrogen) atoms. The van der Waals surface area contributed by atoms with Gasteiger partial charge in [0.05, 0.1) is 30.0 Å². The molecule has 1 aromatic carbocycles. The molecule has 6 heteroatoms. The molecule has 126 valence electrons. The third kappa shape index (κ3) is 3.32. The summed E-state index contributed by atoms with van der Waals surface area (Å²) in [6, 6.07) is 9.63. The van der Waals surface area contributed by atoms with Crippen molar-refractivity contribution in [1.82, 2.24) is 15.1 Å². The maximum Gasteiger partial charge on any atom is 0.310 e. The van der Waals surface area contributed by atoms with Gasteiger partial charge in [0, 0.05) is 18.7 Å². The first-order valence-electron chi connectivity index (χ1n) is 8.25. The Hall–Kier alpha value is -2.63. The average Bonchev–Trinajstić information content (AvgIpc) is 3.12. The fraction of sp³-hybridized carbons (Fsp3) is 0.389. The molecular formula is C18H21N3O3. The van der Waals surface area contributed by atoms with Crippen molar-refractivity contribution in [2.45, 2.75) is 19.8 Å². The number of nitrogens with one attached hydrogen (secondary N) is 1. The molecule has 0 aliphatic carbocycles. The molecular weight excluding hydrogens is 306 g/mol. The predicted octanol–water partition coefficient (Wildman–Crippen LogP) is 2.49. The summed E-state index contributed by atoms with van der Waals surface area (Å²) in [5.41, 5.74) is 2.15. The number of aromatic nitrogens is 2. The lowest BCUT2D eigenvalue weighted by Crippen LogP contribution is -2.42. The van der Waals surface area contributed by atoms with Gasteiger partial charge in [-0.05, 0) is 19.8 Å². The van der Waals surface area contributed by atoms with Crippen LogP contribution in [0, 0.1) is 5.92 Å². The Morgan fingerprint density at radius 1 is 1.33 bits per heavy atom. The Labute approximate surface area is 140 Å². The number of hydrogen-bond donors (Lipinski definition) is 1. The minimum absolute atomic E-state index is 0.100. The summed E-state index contributed by atoms with van der Waals surface area (Å²) in [5, 5.41) is 6.94. The highest BCUT2D eigenvalue weighted by Crippen LogP contribution is 2.25. The van der Waals surface area contributed by atoms with E-state index in [2.05, 4.69) is 10.2 Å². The summed E-state index contributed by atoms with van der Waals surface area (Å²) in [4.78, 5) is 26.6. The molecule has 0 bridgehead atoms. The molecule has 0 spiro atoms. The number of amides is 1. The van der Waals surface area contributed by atoms with Crippen molar-refractivity contribution in [2.24, 2.45) is 5.92 Å². The molecule has 1 aliphatic rings. The van der Waals surface area contributed by atoms with Crippen molar-refractivity contribution in [3.8, 4) is 11.3 Å². The number of rotatable bonds is 4. The van der Waals surface area contributed by atoms with Gasteiger partial charge in [-0.25, -0.2) is 0 Å². The fourth-order valence-corrected chi connectivity index (χ4v) is 3.06. The predicted molar refractivity (Wildman–Crippen MR) is 89.3 cm³/mol. The first-order valence-corrected chi connectivity index (χ1v) is 8.25. The number of H-pyrrole nitrogens is 1. The molecule has 2 aromatic rings. The van der Waals surface area contributed by atoms with E-state index in [1.807, 2.05) is 30.3 Å². The first kappa shape index (κ1) is 16.2. The Morgan fingerprint density at radius 3 is 2.88 bits per heavy atom. The zero-order valence-electron chi connectivity index (χ0n) is 13.7. The molecule has 0 saturated carbocycles. The van der Waals surface area contributed by atoms with Crippen LogP contribution in [0.4, 0.5) is 0 Å². The quantitative estimate of drug-likeness (QED) is 0.876. The zero-order chi connectivity index (χ0) is 16.9. The van der Waals surface area contributed by atoms with Gasteiger partial charge in [0.1, 0.15) is 0 Å². The fourth-order valence-electron chi connectivity index (χ4n) is 3.06. The van der Waals surface area contributed by atoms with E-state index in [0.717, 1.165) is 18.4 Å². The molecule has 1 aromatic heterocycles. The van der Waals surface area contributed by atoms with Gasteiger partial charge in [0.2, 0.25) is 0 Å². The number of carbonyl (C=O) groups is 2. The normalized spacial score (nSPS) is 17.5. The van der Waals surface area contributed by atoms with Crippen molar-refractivity contribution < 1.29 is 14.3 Å². The monoisotopic (exact) mass is 327 g/mol. The Kier molecular flexibility index (Phi) is 4.93. The smallest absolute Gasteiger partial charge is 0.310 e. The molecule has 2 heterocycles. The van der Waals surface area contributed by atoms with Crippen LogP contribution >= 0.6 is 0 Å². The molecule has 1 saturated heterocycles. The van der Waals surface area contributed by atoms with Crippen molar-refractivity contribution in [2.75, 3.05) is 19.7 Å². The lowest BCUT2D eigenvalue weighted by Gasteiger charge is -2.31. The SMILES string of the molecule is CCOC(=O)[C@@H]1CCCN(C(=O)c2cn[nH]c2-c2ccccc2)C1. The summed E-state index contributed by atoms with van der Waals surface area (Å²) in [6.07, 6.45) is 3.12. The number of aromatic amines is 1. The highest BCUT2D eigenvalue weighted by atomic mass is 16.5. The van der Waals surface area contributed by atoms with E-state index in [0.29, 0.717) is 31.0 Å². The number of carbonyl (C=O) groups excluding carboxylic acids is 2. The topological polar surface area (TPSA) is 75.3 Å². The molecule has 1 atom stereocenters. The standard InChI is InChI=1S/C18H21N3O3/c1-2-24-18(23)14-9-6-10-21(12-14)17(22)15-11-19-20-16(15)13-7-4-3-5-8-13/h3-5,7-8,11,14H,2,6,9-10,12H2,1H3,(H,19,20)/t14-/m1/s1. The lowest BCUT2D eigenvalue weighted by atomic mass is 9.97. The van der Waals surface area contributed by atoms with E-state index in [1.165, 1.54) is 0 Å². The van der Waals surface area contributed by atoms with Gasteiger partial charge in [-0.15, -0.1) is 0 Å². The molecule has 1 aliphatic heterocycles. The van der Waals surface area contributed by atoms with Gasteiger partial charge < -0.3 is 9.64 Å². The highest BCUT2D eigenvalue weighted by molar-refractivity contribution is 6.00. The maximum absolute atomic E-state index is 12.9. The van der Waals surface area contributed by atoms with Crippen LogP contribution in [-0.4, -0.2) is 46.7 Å². The van der Waals surface area contributed by atoms with E-state index in [1.54, 1.807) is 18.0 Å². The Bertz CT molecular complexity index is 711. The second-order valence-electron chi connectivity index (χ2n) is 5.87. The van der Waals surface area contributed by atoms with Crippen molar-refractivity contribution >= 4 is 11.9 Å². The second-order valence-corrected chi connectivity index (χ2v) is 5.87. The summed E-state index contributed by atoms with van der Waals surface area (Å²) in [6.45, 7) is 3.20. The van der Waals surface area contributed by atoms with Crippen LogP contribution in [0.3, 0.4) is 0 Å². The van der Waals surface area contributed by atoms with E-state index in [-0.39, 0.29) is 17.8 Å². The molecule has 0 radical (unpaired) electrons. The van der Waals surface area contributed by atoms with Crippen LogP contribution < -0.4 is 0 Å². The van der Waals surface area contributed by atoms with E-state index in [9.17, 15) is 9.59 Å². The number of likely N-dealkylation sites (tertiary alicyclic amines) is 1. The van der Waals surface area contributed by atoms with Crippen LogP contribution in [-0.2, 0) is 9.53 Å². The minimum atomic E-state index is -0.241. The maximum atomic E-state index is 12.9. The molecule has 1 fully saturated rings. The van der Waals surface area contributed by atoms with Crippen molar-refractivity contribution in [3.05, 3.63) is 42.1 Å². The Morgan fingerprint density at radius 2 is 2.12 bits per heavy atom. The third-order valence-electron chi connectivity index (χ3n) is 4.26. The van der Waals surface area contributed by atoms with Gasteiger partial charge >= 0.3 is 5.97 Å². The summed E-state index contributed by atoms with van der Waals surface area (Å²) >= 11 is 0. The summed E-state index contributed by atoms with van der Waals surface area (Å²) in [5.74, 6) is -0.559. The second kappa shape index (κ2) is 7.29. The van der Waals surface area contributed by atoms with Crippen LogP contribution in [0.25, 0.3) is 11.3 Å². The number of esters is 1. The van der Waals surface area contributed by atoms with Crippen molar-refractivity contribution in [1.29, 1.82) is 0 Å². The van der Waals surface area contributed by atoms with Crippen LogP contribution in [0.15, 0.2) is 36.5 Å². The number of piperidine rings is 1. The average molecular weight is 327 g/mol. The van der Waals surface area contributed by atoms with Gasteiger partial charge in [-0.1, -0.05) is 30.3 Å². The number of ether oxygens (including phenoxy) is 1. The molecule has 6 nitrogen and oxygen atoms in total. The van der Waals surface area contributed by atoms with E-state index < -0.39 is 0 Å². The van der Waals surface area contributed by atoms with Gasteiger partial charge in [-0.3, -0.25) is 14.7 Å². The first-order chi connectivity index (χ1) is 11.7. The van der Waals surface area contributed by atoms with Gasteiger partial charge in [0.15, 0.2) is 0 Å². The van der Waals surface area contributed by atoms with Crippen LogP contribution in [0.2, 0.25) is 0 Å². The largest absolute Gasteiger partial charge is 0.466 e. The molecule has 0 unspecified atom stereocenters. The summed E-state index contributed by atoms with van der Waals surface area (Å²) in [7, 11) is 0. The van der Waals surface area contributed by atoms with Gasteiger partial charge in [0.25, 0.3) is 5.91 Å². The van der Waals surface area contributed by atoms with Crippen LogP contribution in [0.5, 0.6) is 0 Å². The number of hydrogen-bond acceptors (Lipinski definition) is 4. The number of nitrogens with zero attached hydrogens (tertiary/aromatic N) is 2. The lowest BCUT2D eigenvalue weighted by molar-refractivity contribution is -0.149. The molecule has 1 amide bonds. The Balaban J connectivity index is 1.78.